The standard InChI is InChI=1S/C5H7NO3/c7-3-1-4(5(8)9)6-2-3/h4,6H,1-2H2,(H,8,9). The van der Waals surface area contributed by atoms with Crippen LogP contribution in [-0.2, 0) is 9.59 Å². The van der Waals surface area contributed by atoms with Crippen molar-refractivity contribution in [1.82, 2.24) is 5.32 Å². The van der Waals surface area contributed by atoms with Gasteiger partial charge in [0, 0.05) is 6.42 Å². The molecule has 0 spiro atoms. The largest absolute Gasteiger partial charge is 0.480 e. The van der Waals surface area contributed by atoms with E-state index in [9.17, 15) is 9.59 Å². The number of rotatable bonds is 1. The Kier molecular flexibility index (Phi) is 1.48. The summed E-state index contributed by atoms with van der Waals surface area (Å²) in [4.78, 5) is 20.6. The van der Waals surface area contributed by atoms with Crippen LogP contribution in [0.25, 0.3) is 0 Å². The van der Waals surface area contributed by atoms with Crippen molar-refractivity contribution >= 4 is 11.8 Å². The van der Waals surface area contributed by atoms with Crippen LogP contribution in [0, 0.1) is 0 Å². The summed E-state index contributed by atoms with van der Waals surface area (Å²) < 4.78 is 0. The minimum absolute atomic E-state index is 0.0256. The van der Waals surface area contributed by atoms with Crippen molar-refractivity contribution in [2.75, 3.05) is 6.54 Å². The molecule has 0 aliphatic carbocycles. The predicted octanol–water partition coefficient (Wildman–Crippen LogP) is -0.998. The highest BCUT2D eigenvalue weighted by atomic mass is 16.4. The van der Waals surface area contributed by atoms with E-state index in [4.69, 9.17) is 5.11 Å². The summed E-state index contributed by atoms with van der Waals surface area (Å²) in [5.74, 6) is -0.969. The molecule has 0 bridgehead atoms. The van der Waals surface area contributed by atoms with Gasteiger partial charge in [-0.3, -0.25) is 14.9 Å². The molecule has 1 rings (SSSR count). The number of hydrogen-bond acceptors (Lipinski definition) is 3. The van der Waals surface area contributed by atoms with Crippen molar-refractivity contribution < 1.29 is 14.7 Å². The molecular weight excluding hydrogens is 122 g/mol. The molecule has 4 nitrogen and oxygen atoms in total. The minimum atomic E-state index is -0.944. The molecule has 1 atom stereocenters. The van der Waals surface area contributed by atoms with Crippen molar-refractivity contribution in [3.63, 3.8) is 0 Å². The zero-order chi connectivity index (χ0) is 6.85. The maximum atomic E-state index is 10.4. The summed E-state index contributed by atoms with van der Waals surface area (Å²) in [5.41, 5.74) is 0. The normalized spacial score (nSPS) is 26.7. The van der Waals surface area contributed by atoms with Gasteiger partial charge >= 0.3 is 5.97 Å². The highest BCUT2D eigenvalue weighted by Gasteiger charge is 2.26. The number of aliphatic carboxylic acids is 1. The number of carboxylic acids is 1. The quantitative estimate of drug-likeness (QED) is 0.476. The van der Waals surface area contributed by atoms with Crippen LogP contribution in [0.3, 0.4) is 0 Å². The summed E-state index contributed by atoms with van der Waals surface area (Å²) in [6.07, 6.45) is 0.134. The van der Waals surface area contributed by atoms with Crippen molar-refractivity contribution in [2.24, 2.45) is 0 Å². The molecule has 0 radical (unpaired) electrons. The molecular formula is C5H7NO3. The first-order valence-corrected chi connectivity index (χ1v) is 2.68. The average molecular weight is 129 g/mol. The van der Waals surface area contributed by atoms with Gasteiger partial charge in [0.25, 0.3) is 0 Å². The molecule has 50 valence electrons. The fourth-order valence-corrected chi connectivity index (χ4v) is 0.784. The predicted molar refractivity (Wildman–Crippen MR) is 29.1 cm³/mol. The van der Waals surface area contributed by atoms with Crippen LogP contribution in [-0.4, -0.2) is 29.4 Å². The van der Waals surface area contributed by atoms with Crippen LogP contribution in [0.1, 0.15) is 6.42 Å². The first kappa shape index (κ1) is 6.22. The molecule has 0 aromatic rings. The van der Waals surface area contributed by atoms with E-state index in [0.29, 0.717) is 0 Å². The third-order valence-electron chi connectivity index (χ3n) is 1.28. The van der Waals surface area contributed by atoms with Gasteiger partial charge in [0.05, 0.1) is 6.54 Å². The fourth-order valence-electron chi connectivity index (χ4n) is 0.784. The van der Waals surface area contributed by atoms with Crippen LogP contribution < -0.4 is 5.32 Å². The third kappa shape index (κ3) is 1.26. The van der Waals surface area contributed by atoms with Crippen molar-refractivity contribution in [1.29, 1.82) is 0 Å². The average Bonchev–Trinajstić information content (AvgIpc) is 2.14. The van der Waals surface area contributed by atoms with E-state index in [1.54, 1.807) is 0 Å². The van der Waals surface area contributed by atoms with Crippen LogP contribution >= 0.6 is 0 Å². The molecule has 0 amide bonds. The molecule has 1 aliphatic rings. The molecule has 4 heteroatoms. The highest BCUT2D eigenvalue weighted by molar-refractivity contribution is 5.90. The molecule has 1 aliphatic heterocycles. The van der Waals surface area contributed by atoms with Gasteiger partial charge in [-0.25, -0.2) is 0 Å². The van der Waals surface area contributed by atoms with E-state index in [1.807, 2.05) is 0 Å². The van der Waals surface area contributed by atoms with E-state index in [-0.39, 0.29) is 18.7 Å². The molecule has 0 aromatic carbocycles. The zero-order valence-electron chi connectivity index (χ0n) is 4.76. The maximum Gasteiger partial charge on any atom is 0.321 e. The number of ketones is 1. The summed E-state index contributed by atoms with van der Waals surface area (Å²) in [6, 6.07) is -0.641. The Morgan fingerprint density at radius 2 is 2.44 bits per heavy atom. The zero-order valence-corrected chi connectivity index (χ0v) is 4.76. The van der Waals surface area contributed by atoms with Crippen LogP contribution in [0.15, 0.2) is 0 Å². The second-order valence-corrected chi connectivity index (χ2v) is 2.01. The number of hydrogen-bond donors (Lipinski definition) is 2. The van der Waals surface area contributed by atoms with E-state index in [2.05, 4.69) is 5.32 Å². The molecule has 0 saturated carbocycles. The van der Waals surface area contributed by atoms with Crippen molar-refractivity contribution in [3.8, 4) is 0 Å². The number of carboxylic acid groups (broad SMARTS) is 1. The van der Waals surface area contributed by atoms with Crippen LogP contribution in [0.2, 0.25) is 0 Å². The number of carbonyl (C=O) groups is 2. The van der Waals surface area contributed by atoms with E-state index in [0.717, 1.165) is 0 Å². The van der Waals surface area contributed by atoms with Gasteiger partial charge in [0.15, 0.2) is 0 Å². The van der Waals surface area contributed by atoms with Gasteiger partial charge < -0.3 is 5.11 Å². The van der Waals surface area contributed by atoms with Gasteiger partial charge in [-0.2, -0.15) is 0 Å². The lowest BCUT2D eigenvalue weighted by atomic mass is 10.2. The molecule has 2 N–H and O–H groups in total. The smallest absolute Gasteiger partial charge is 0.321 e. The van der Waals surface area contributed by atoms with Crippen LogP contribution in [0.5, 0.6) is 0 Å². The Hall–Kier alpha value is -0.900. The topological polar surface area (TPSA) is 66.4 Å². The highest BCUT2D eigenvalue weighted by Crippen LogP contribution is 2.00. The Morgan fingerprint density at radius 3 is 2.67 bits per heavy atom. The molecule has 9 heavy (non-hydrogen) atoms. The number of nitrogens with one attached hydrogen (secondary N) is 1. The monoisotopic (exact) mass is 129 g/mol. The van der Waals surface area contributed by atoms with Crippen LogP contribution in [0.4, 0.5) is 0 Å². The van der Waals surface area contributed by atoms with Gasteiger partial charge in [0.1, 0.15) is 11.8 Å². The van der Waals surface area contributed by atoms with Crippen molar-refractivity contribution in [2.45, 2.75) is 12.5 Å². The van der Waals surface area contributed by atoms with Gasteiger partial charge in [-0.1, -0.05) is 0 Å². The van der Waals surface area contributed by atoms with E-state index >= 15 is 0 Å². The second kappa shape index (κ2) is 2.14. The third-order valence-corrected chi connectivity index (χ3v) is 1.28. The SMILES string of the molecule is O=C1CNC(C(=O)O)C1. The maximum absolute atomic E-state index is 10.4. The second-order valence-electron chi connectivity index (χ2n) is 2.01. The lowest BCUT2D eigenvalue weighted by Crippen LogP contribution is -2.29. The Balaban J connectivity index is 2.48. The summed E-state index contributed by atoms with van der Waals surface area (Å²) in [7, 11) is 0. The van der Waals surface area contributed by atoms with E-state index < -0.39 is 12.0 Å². The lowest BCUT2D eigenvalue weighted by molar-refractivity contribution is -0.139. The minimum Gasteiger partial charge on any atom is -0.480 e. The fraction of sp³-hybridized carbons (Fsp3) is 0.600. The lowest BCUT2D eigenvalue weighted by Gasteiger charge is -1.98. The summed E-state index contributed by atoms with van der Waals surface area (Å²) in [6.45, 7) is 0.205. The summed E-state index contributed by atoms with van der Waals surface area (Å²) >= 11 is 0. The van der Waals surface area contributed by atoms with Gasteiger partial charge in [0.2, 0.25) is 0 Å². The first-order chi connectivity index (χ1) is 4.20. The molecule has 1 heterocycles. The Labute approximate surface area is 51.9 Å². The number of Topliss-reactive ketones (excluding diaryl/α,β-unsaturated/α-hetero) is 1. The number of carbonyl (C=O) groups excluding carboxylic acids is 1. The molecule has 1 saturated heterocycles. The van der Waals surface area contributed by atoms with E-state index in [1.165, 1.54) is 0 Å². The van der Waals surface area contributed by atoms with Crippen molar-refractivity contribution in [3.05, 3.63) is 0 Å². The molecule has 1 unspecified atom stereocenters. The Bertz CT molecular complexity index is 154. The summed E-state index contributed by atoms with van der Waals surface area (Å²) in [5, 5.41) is 10.9. The Morgan fingerprint density at radius 1 is 1.78 bits per heavy atom. The first-order valence-electron chi connectivity index (χ1n) is 2.68. The van der Waals surface area contributed by atoms with Gasteiger partial charge in [-0.05, 0) is 0 Å². The van der Waals surface area contributed by atoms with Gasteiger partial charge in [-0.15, -0.1) is 0 Å². The molecule has 1 fully saturated rings. The molecule has 0 aromatic heterocycles.